The highest BCUT2D eigenvalue weighted by Gasteiger charge is 2.12. The first-order valence-electron chi connectivity index (χ1n) is 6.29. The Hall–Kier alpha value is -1.15. The predicted molar refractivity (Wildman–Crippen MR) is 72.5 cm³/mol. The third-order valence-corrected chi connectivity index (χ3v) is 2.59. The molecule has 1 N–H and O–H groups in total. The van der Waals surface area contributed by atoms with Crippen molar-refractivity contribution in [3.05, 3.63) is 35.4 Å². The number of ketones is 1. The summed E-state index contributed by atoms with van der Waals surface area (Å²) in [7, 11) is 0. The molecule has 2 nitrogen and oxygen atoms in total. The van der Waals surface area contributed by atoms with Gasteiger partial charge in [-0.3, -0.25) is 4.79 Å². The highest BCUT2D eigenvalue weighted by atomic mass is 16.1. The molecular formula is C15H23NO. The summed E-state index contributed by atoms with van der Waals surface area (Å²) in [4.78, 5) is 11.9. The molecule has 0 heterocycles. The van der Waals surface area contributed by atoms with Crippen molar-refractivity contribution in [2.45, 2.75) is 46.1 Å². The van der Waals surface area contributed by atoms with Gasteiger partial charge in [0.05, 0.1) is 6.54 Å². The van der Waals surface area contributed by atoms with Crippen LogP contribution in [-0.4, -0.2) is 17.9 Å². The van der Waals surface area contributed by atoms with E-state index in [9.17, 15) is 4.79 Å². The molecule has 2 heteroatoms. The van der Waals surface area contributed by atoms with Gasteiger partial charge in [0.1, 0.15) is 0 Å². The standard InChI is InChI=1S/C15H23NO/c1-5-6-12-7-9-13(10-8-12)14(17)11-16-15(2,3)4/h7-10,16H,5-6,11H2,1-4H3. The zero-order valence-corrected chi connectivity index (χ0v) is 11.3. The van der Waals surface area contributed by atoms with E-state index in [2.05, 4.69) is 33.0 Å². The lowest BCUT2D eigenvalue weighted by atomic mass is 10.0. The van der Waals surface area contributed by atoms with Gasteiger partial charge in [-0.2, -0.15) is 0 Å². The molecule has 0 radical (unpaired) electrons. The van der Waals surface area contributed by atoms with E-state index in [0.29, 0.717) is 6.54 Å². The molecule has 0 unspecified atom stereocenters. The Morgan fingerprint density at radius 2 is 1.76 bits per heavy atom. The Morgan fingerprint density at radius 1 is 1.18 bits per heavy atom. The van der Waals surface area contributed by atoms with E-state index in [0.717, 1.165) is 18.4 Å². The highest BCUT2D eigenvalue weighted by molar-refractivity contribution is 5.97. The number of carbonyl (C=O) groups is 1. The minimum atomic E-state index is -0.0161. The molecule has 0 bridgehead atoms. The smallest absolute Gasteiger partial charge is 0.176 e. The molecule has 1 aromatic carbocycles. The van der Waals surface area contributed by atoms with Crippen molar-refractivity contribution >= 4 is 5.78 Å². The third kappa shape index (κ3) is 5.14. The molecule has 0 aliphatic carbocycles. The second kappa shape index (κ2) is 5.97. The molecule has 0 amide bonds. The summed E-state index contributed by atoms with van der Waals surface area (Å²) in [5, 5.41) is 3.21. The van der Waals surface area contributed by atoms with Gasteiger partial charge < -0.3 is 5.32 Å². The normalized spacial score (nSPS) is 11.5. The molecule has 1 aromatic rings. The van der Waals surface area contributed by atoms with Crippen molar-refractivity contribution in [1.29, 1.82) is 0 Å². The van der Waals surface area contributed by atoms with Gasteiger partial charge in [-0.1, -0.05) is 37.6 Å². The molecule has 0 aromatic heterocycles. The monoisotopic (exact) mass is 233 g/mol. The molecule has 0 aliphatic rings. The van der Waals surface area contributed by atoms with Gasteiger partial charge >= 0.3 is 0 Å². The summed E-state index contributed by atoms with van der Waals surface area (Å²) >= 11 is 0. The number of carbonyl (C=O) groups excluding carboxylic acids is 1. The summed E-state index contributed by atoms with van der Waals surface area (Å²) in [5.41, 5.74) is 2.08. The van der Waals surface area contributed by atoms with E-state index >= 15 is 0 Å². The van der Waals surface area contributed by atoms with Gasteiger partial charge in [-0.15, -0.1) is 0 Å². The minimum absolute atomic E-state index is 0.0161. The number of rotatable bonds is 5. The van der Waals surface area contributed by atoms with Crippen LogP contribution in [0.3, 0.4) is 0 Å². The van der Waals surface area contributed by atoms with Gasteiger partial charge in [0, 0.05) is 11.1 Å². The second-order valence-corrected chi connectivity index (χ2v) is 5.47. The first-order valence-corrected chi connectivity index (χ1v) is 6.29. The van der Waals surface area contributed by atoms with Gasteiger partial charge in [0.25, 0.3) is 0 Å². The number of hydrogen-bond donors (Lipinski definition) is 1. The first-order chi connectivity index (χ1) is 7.92. The fourth-order valence-electron chi connectivity index (χ4n) is 1.59. The van der Waals surface area contributed by atoms with Gasteiger partial charge in [-0.05, 0) is 32.8 Å². The van der Waals surface area contributed by atoms with E-state index in [1.54, 1.807) is 0 Å². The zero-order valence-electron chi connectivity index (χ0n) is 11.3. The van der Waals surface area contributed by atoms with Gasteiger partial charge in [-0.25, -0.2) is 0 Å². The van der Waals surface area contributed by atoms with Crippen molar-refractivity contribution < 1.29 is 4.79 Å². The van der Waals surface area contributed by atoms with Crippen LogP contribution in [0, 0.1) is 0 Å². The minimum Gasteiger partial charge on any atom is -0.305 e. The molecule has 94 valence electrons. The lowest BCUT2D eigenvalue weighted by molar-refractivity contribution is 0.0982. The van der Waals surface area contributed by atoms with Crippen LogP contribution in [0.5, 0.6) is 0 Å². The van der Waals surface area contributed by atoms with Crippen molar-refractivity contribution in [3.63, 3.8) is 0 Å². The molecule has 0 saturated heterocycles. The SMILES string of the molecule is CCCc1ccc(C(=O)CNC(C)(C)C)cc1. The largest absolute Gasteiger partial charge is 0.305 e. The third-order valence-electron chi connectivity index (χ3n) is 2.59. The number of aryl methyl sites for hydroxylation is 1. The van der Waals surface area contributed by atoms with Gasteiger partial charge in [0.15, 0.2) is 5.78 Å². The summed E-state index contributed by atoms with van der Waals surface area (Å²) in [5.74, 6) is 0.156. The highest BCUT2D eigenvalue weighted by Crippen LogP contribution is 2.08. The Bertz CT molecular complexity index is 360. The average molecular weight is 233 g/mol. The molecule has 1 rings (SSSR count). The Morgan fingerprint density at radius 3 is 2.24 bits per heavy atom. The predicted octanol–water partition coefficient (Wildman–Crippen LogP) is 3.21. The topological polar surface area (TPSA) is 29.1 Å². The number of hydrogen-bond acceptors (Lipinski definition) is 2. The first kappa shape index (κ1) is 13.9. The maximum atomic E-state index is 11.9. The molecule has 0 saturated carbocycles. The van der Waals surface area contributed by atoms with Gasteiger partial charge in [0.2, 0.25) is 0 Å². The maximum Gasteiger partial charge on any atom is 0.176 e. The fourth-order valence-corrected chi connectivity index (χ4v) is 1.59. The fraction of sp³-hybridized carbons (Fsp3) is 0.533. The molecule has 17 heavy (non-hydrogen) atoms. The van der Waals surface area contributed by atoms with Crippen LogP contribution in [-0.2, 0) is 6.42 Å². The van der Waals surface area contributed by atoms with E-state index in [-0.39, 0.29) is 11.3 Å². The second-order valence-electron chi connectivity index (χ2n) is 5.47. The summed E-state index contributed by atoms with van der Waals surface area (Å²) in [6.45, 7) is 8.74. The molecular weight excluding hydrogens is 210 g/mol. The van der Waals surface area contributed by atoms with Crippen LogP contribution >= 0.6 is 0 Å². The summed E-state index contributed by atoms with van der Waals surface area (Å²) in [6.07, 6.45) is 2.22. The lowest BCUT2D eigenvalue weighted by Crippen LogP contribution is -2.39. The zero-order chi connectivity index (χ0) is 12.9. The van der Waals surface area contributed by atoms with Crippen LogP contribution in [0.4, 0.5) is 0 Å². The Kier molecular flexibility index (Phi) is 4.88. The Labute approximate surface area is 104 Å². The Balaban J connectivity index is 2.57. The summed E-state index contributed by atoms with van der Waals surface area (Å²) in [6, 6.07) is 7.96. The van der Waals surface area contributed by atoms with Crippen molar-refractivity contribution in [1.82, 2.24) is 5.32 Å². The van der Waals surface area contributed by atoms with Crippen molar-refractivity contribution in [2.24, 2.45) is 0 Å². The van der Waals surface area contributed by atoms with Crippen molar-refractivity contribution in [3.8, 4) is 0 Å². The van der Waals surface area contributed by atoms with Crippen LogP contribution in [0.1, 0.15) is 50.0 Å². The lowest BCUT2D eigenvalue weighted by Gasteiger charge is -2.19. The summed E-state index contributed by atoms with van der Waals surface area (Å²) < 4.78 is 0. The van der Waals surface area contributed by atoms with E-state index in [4.69, 9.17) is 0 Å². The van der Waals surface area contributed by atoms with Crippen LogP contribution in [0.25, 0.3) is 0 Å². The quantitative estimate of drug-likeness (QED) is 0.791. The maximum absolute atomic E-state index is 11.9. The average Bonchev–Trinajstić information content (AvgIpc) is 2.26. The van der Waals surface area contributed by atoms with Crippen LogP contribution in [0.2, 0.25) is 0 Å². The van der Waals surface area contributed by atoms with Crippen LogP contribution in [0.15, 0.2) is 24.3 Å². The van der Waals surface area contributed by atoms with E-state index in [1.165, 1.54) is 5.56 Å². The van der Waals surface area contributed by atoms with E-state index < -0.39 is 0 Å². The van der Waals surface area contributed by atoms with E-state index in [1.807, 2.05) is 24.3 Å². The molecule has 0 aliphatic heterocycles. The molecule has 0 fully saturated rings. The van der Waals surface area contributed by atoms with Crippen LogP contribution < -0.4 is 5.32 Å². The number of nitrogens with one attached hydrogen (secondary N) is 1. The molecule has 0 atom stereocenters. The molecule has 0 spiro atoms. The number of benzene rings is 1. The number of Topliss-reactive ketones (excluding diaryl/α,β-unsaturated/α-hetero) is 1. The van der Waals surface area contributed by atoms with Crippen molar-refractivity contribution in [2.75, 3.05) is 6.54 Å².